The van der Waals surface area contributed by atoms with Gasteiger partial charge in [-0.3, -0.25) is 0 Å². The average Bonchev–Trinajstić information content (AvgIpc) is 2.78. The number of aryl methyl sites for hydroxylation is 1. The molecule has 0 aliphatic rings. The van der Waals surface area contributed by atoms with Crippen molar-refractivity contribution in [1.29, 1.82) is 0 Å². The molecule has 0 fully saturated rings. The molecule has 90 valence electrons. The van der Waals surface area contributed by atoms with Crippen molar-refractivity contribution in [2.45, 2.75) is 6.92 Å². The third-order valence-electron chi connectivity index (χ3n) is 2.92. The lowest BCUT2D eigenvalue weighted by molar-refractivity contribution is 1.09. The quantitative estimate of drug-likeness (QED) is 0.634. The maximum atomic E-state index is 6.21. The van der Waals surface area contributed by atoms with Crippen molar-refractivity contribution in [2.24, 2.45) is 0 Å². The molecule has 0 radical (unpaired) electrons. The lowest BCUT2D eigenvalue weighted by atomic mass is 10.2. The van der Waals surface area contributed by atoms with Gasteiger partial charge >= 0.3 is 0 Å². The molecule has 0 atom stereocenters. The van der Waals surface area contributed by atoms with E-state index in [2.05, 4.69) is 4.98 Å². The molecule has 0 saturated heterocycles. The van der Waals surface area contributed by atoms with E-state index in [9.17, 15) is 0 Å². The van der Waals surface area contributed by atoms with Crippen LogP contribution in [0.1, 0.15) is 5.69 Å². The highest BCUT2D eigenvalue weighted by atomic mass is 35.5. The van der Waals surface area contributed by atoms with Gasteiger partial charge in [0.1, 0.15) is 5.65 Å². The van der Waals surface area contributed by atoms with E-state index in [0.29, 0.717) is 10.0 Å². The van der Waals surface area contributed by atoms with Gasteiger partial charge in [0.2, 0.25) is 0 Å². The van der Waals surface area contributed by atoms with Crippen LogP contribution in [-0.4, -0.2) is 9.38 Å². The minimum absolute atomic E-state index is 0.542. The number of hydrogen-bond donors (Lipinski definition) is 0. The standard InChI is InChI=1S/C14H10Cl2N2/c1-9-4-2-7-13-17-12(8-18(9)13)10-5-3-6-11(15)14(10)16/h2-8H,1H3. The van der Waals surface area contributed by atoms with Crippen molar-refractivity contribution in [3.63, 3.8) is 0 Å². The molecule has 2 heterocycles. The van der Waals surface area contributed by atoms with Gasteiger partial charge in [-0.1, -0.05) is 41.4 Å². The summed E-state index contributed by atoms with van der Waals surface area (Å²) in [6.07, 6.45) is 1.97. The van der Waals surface area contributed by atoms with Crippen LogP contribution in [0.15, 0.2) is 42.6 Å². The molecule has 3 rings (SSSR count). The normalized spacial score (nSPS) is 11.1. The van der Waals surface area contributed by atoms with E-state index < -0.39 is 0 Å². The Bertz CT molecular complexity index is 732. The van der Waals surface area contributed by atoms with Gasteiger partial charge in [0, 0.05) is 17.5 Å². The summed E-state index contributed by atoms with van der Waals surface area (Å²) in [6.45, 7) is 2.04. The van der Waals surface area contributed by atoms with Crippen LogP contribution < -0.4 is 0 Å². The van der Waals surface area contributed by atoms with E-state index in [1.807, 2.05) is 47.9 Å². The predicted molar refractivity (Wildman–Crippen MR) is 75.4 cm³/mol. The SMILES string of the molecule is Cc1cccc2nc(-c3cccc(Cl)c3Cl)cn12. The highest BCUT2D eigenvalue weighted by molar-refractivity contribution is 6.43. The number of nitrogens with zero attached hydrogens (tertiary/aromatic N) is 2. The number of halogens is 2. The fraction of sp³-hybridized carbons (Fsp3) is 0.0714. The maximum Gasteiger partial charge on any atom is 0.137 e. The topological polar surface area (TPSA) is 17.3 Å². The summed E-state index contributed by atoms with van der Waals surface area (Å²) < 4.78 is 2.03. The van der Waals surface area contributed by atoms with Crippen molar-refractivity contribution in [2.75, 3.05) is 0 Å². The van der Waals surface area contributed by atoms with Crippen molar-refractivity contribution >= 4 is 28.8 Å². The second-order valence-electron chi connectivity index (χ2n) is 4.12. The van der Waals surface area contributed by atoms with Crippen molar-refractivity contribution in [3.8, 4) is 11.3 Å². The third-order valence-corrected chi connectivity index (χ3v) is 3.74. The van der Waals surface area contributed by atoms with Gasteiger partial charge in [0.05, 0.1) is 15.7 Å². The van der Waals surface area contributed by atoms with Gasteiger partial charge in [0.15, 0.2) is 0 Å². The zero-order valence-electron chi connectivity index (χ0n) is 9.69. The number of imidazole rings is 1. The van der Waals surface area contributed by atoms with Crippen LogP contribution in [0, 0.1) is 6.92 Å². The van der Waals surface area contributed by atoms with E-state index in [4.69, 9.17) is 23.2 Å². The smallest absolute Gasteiger partial charge is 0.137 e. The van der Waals surface area contributed by atoms with E-state index in [0.717, 1.165) is 22.6 Å². The first kappa shape index (κ1) is 11.6. The molecule has 1 aromatic carbocycles. The molecule has 0 amide bonds. The lowest BCUT2D eigenvalue weighted by Gasteiger charge is -2.01. The maximum absolute atomic E-state index is 6.21. The first-order valence-corrected chi connectivity index (χ1v) is 6.31. The summed E-state index contributed by atoms with van der Waals surface area (Å²) in [6, 6.07) is 11.6. The Balaban J connectivity index is 2.26. The molecule has 0 spiro atoms. The van der Waals surface area contributed by atoms with Gasteiger partial charge in [-0.15, -0.1) is 0 Å². The Labute approximate surface area is 115 Å². The highest BCUT2D eigenvalue weighted by Gasteiger charge is 2.10. The number of aromatic nitrogens is 2. The summed E-state index contributed by atoms with van der Waals surface area (Å²) in [7, 11) is 0. The van der Waals surface area contributed by atoms with Crippen LogP contribution in [-0.2, 0) is 0 Å². The number of rotatable bonds is 1. The molecule has 0 aliphatic heterocycles. The van der Waals surface area contributed by atoms with Gasteiger partial charge in [0.25, 0.3) is 0 Å². The Kier molecular flexibility index (Phi) is 2.77. The Hall–Kier alpha value is -1.51. The first-order valence-electron chi connectivity index (χ1n) is 5.56. The second kappa shape index (κ2) is 4.30. The molecule has 0 unspecified atom stereocenters. The monoisotopic (exact) mass is 276 g/mol. The number of fused-ring (bicyclic) bond motifs is 1. The molecule has 3 aromatic rings. The Morgan fingerprint density at radius 3 is 2.61 bits per heavy atom. The number of pyridine rings is 1. The molecule has 4 heteroatoms. The fourth-order valence-electron chi connectivity index (χ4n) is 1.98. The van der Waals surface area contributed by atoms with Gasteiger partial charge in [-0.2, -0.15) is 0 Å². The minimum atomic E-state index is 0.542. The summed E-state index contributed by atoms with van der Waals surface area (Å²) in [5.41, 5.74) is 3.72. The molecule has 0 saturated carbocycles. The lowest BCUT2D eigenvalue weighted by Crippen LogP contribution is -1.86. The molecule has 2 aromatic heterocycles. The number of hydrogen-bond acceptors (Lipinski definition) is 1. The van der Waals surface area contributed by atoms with E-state index in [-0.39, 0.29) is 0 Å². The van der Waals surface area contributed by atoms with Crippen LogP contribution in [0.5, 0.6) is 0 Å². The van der Waals surface area contributed by atoms with Gasteiger partial charge < -0.3 is 4.40 Å². The molecule has 2 nitrogen and oxygen atoms in total. The third kappa shape index (κ3) is 1.78. The zero-order valence-corrected chi connectivity index (χ0v) is 11.2. The van der Waals surface area contributed by atoms with Crippen LogP contribution in [0.3, 0.4) is 0 Å². The highest BCUT2D eigenvalue weighted by Crippen LogP contribution is 2.33. The first-order chi connectivity index (χ1) is 8.66. The number of benzene rings is 1. The second-order valence-corrected chi connectivity index (χ2v) is 4.91. The van der Waals surface area contributed by atoms with E-state index >= 15 is 0 Å². The minimum Gasteiger partial charge on any atom is -0.304 e. The average molecular weight is 277 g/mol. The molecular weight excluding hydrogens is 267 g/mol. The molecule has 0 bridgehead atoms. The van der Waals surface area contributed by atoms with Crippen LogP contribution in [0.25, 0.3) is 16.9 Å². The summed E-state index contributed by atoms with van der Waals surface area (Å²) in [5, 5.41) is 1.09. The molecular formula is C14H10Cl2N2. The summed E-state index contributed by atoms with van der Waals surface area (Å²) in [4.78, 5) is 4.57. The van der Waals surface area contributed by atoms with Gasteiger partial charge in [-0.05, 0) is 25.1 Å². The van der Waals surface area contributed by atoms with Crippen LogP contribution in [0.4, 0.5) is 0 Å². The van der Waals surface area contributed by atoms with E-state index in [1.165, 1.54) is 0 Å². The molecule has 18 heavy (non-hydrogen) atoms. The van der Waals surface area contributed by atoms with Crippen LogP contribution in [0.2, 0.25) is 10.0 Å². The largest absolute Gasteiger partial charge is 0.304 e. The summed E-state index contributed by atoms with van der Waals surface area (Å²) >= 11 is 12.2. The zero-order chi connectivity index (χ0) is 12.7. The van der Waals surface area contributed by atoms with Crippen LogP contribution >= 0.6 is 23.2 Å². The van der Waals surface area contributed by atoms with E-state index in [1.54, 1.807) is 6.07 Å². The predicted octanol–water partition coefficient (Wildman–Crippen LogP) is 4.62. The van der Waals surface area contributed by atoms with Gasteiger partial charge in [-0.25, -0.2) is 4.98 Å². The van der Waals surface area contributed by atoms with Crippen molar-refractivity contribution in [3.05, 3.63) is 58.3 Å². The molecule has 0 N–H and O–H groups in total. The Morgan fingerprint density at radius 1 is 1.06 bits per heavy atom. The Morgan fingerprint density at radius 2 is 1.83 bits per heavy atom. The summed E-state index contributed by atoms with van der Waals surface area (Å²) in [5.74, 6) is 0. The molecule has 0 aliphatic carbocycles. The van der Waals surface area contributed by atoms with Crippen molar-refractivity contribution in [1.82, 2.24) is 9.38 Å². The fourth-order valence-corrected chi connectivity index (χ4v) is 2.38. The van der Waals surface area contributed by atoms with Crippen molar-refractivity contribution < 1.29 is 0 Å².